The van der Waals surface area contributed by atoms with Gasteiger partial charge in [-0.05, 0) is 37.1 Å². The molecule has 0 saturated carbocycles. The zero-order valence-electron chi connectivity index (χ0n) is 10.2. The molecular weight excluding hydrogens is 200 g/mol. The molecule has 0 aromatic heterocycles. The maximum absolute atomic E-state index is 11.5. The molecule has 0 fully saturated rings. The highest BCUT2D eigenvalue weighted by Crippen LogP contribution is 2.14. The predicted octanol–water partition coefficient (Wildman–Crippen LogP) is 3.10. The van der Waals surface area contributed by atoms with Crippen LogP contribution in [0.1, 0.15) is 27.2 Å². The summed E-state index contributed by atoms with van der Waals surface area (Å²) in [5, 5.41) is 6.08. The molecule has 3 nitrogen and oxygen atoms in total. The predicted molar refractivity (Wildman–Crippen MR) is 68.7 cm³/mol. The Labute approximate surface area is 97.2 Å². The second-order valence-corrected chi connectivity index (χ2v) is 4.25. The molecular formula is C13H20N2O. The van der Waals surface area contributed by atoms with Crippen molar-refractivity contribution in [3.63, 3.8) is 0 Å². The van der Waals surface area contributed by atoms with Gasteiger partial charge in [0.25, 0.3) is 0 Å². The molecule has 0 atom stereocenters. The molecule has 0 bridgehead atoms. The molecule has 0 aliphatic heterocycles. The fraction of sp³-hybridized carbons (Fsp3) is 0.462. The van der Waals surface area contributed by atoms with Crippen molar-refractivity contribution < 1.29 is 4.79 Å². The largest absolute Gasteiger partial charge is 0.385 e. The van der Waals surface area contributed by atoms with Crippen molar-refractivity contribution in [2.24, 2.45) is 5.92 Å². The SMILES string of the molecule is CCNc1ccc(NC(=O)CC(C)C)cc1. The number of carbonyl (C=O) groups excluding carboxylic acids is 1. The van der Waals surface area contributed by atoms with Crippen LogP contribution in [0.3, 0.4) is 0 Å². The minimum Gasteiger partial charge on any atom is -0.385 e. The molecule has 1 rings (SSSR count). The van der Waals surface area contributed by atoms with E-state index < -0.39 is 0 Å². The van der Waals surface area contributed by atoms with Gasteiger partial charge in [0, 0.05) is 24.3 Å². The number of hydrogen-bond donors (Lipinski definition) is 2. The lowest BCUT2D eigenvalue weighted by atomic mass is 10.1. The van der Waals surface area contributed by atoms with Gasteiger partial charge < -0.3 is 10.6 Å². The Kier molecular flexibility index (Phi) is 4.83. The van der Waals surface area contributed by atoms with E-state index >= 15 is 0 Å². The van der Waals surface area contributed by atoms with Gasteiger partial charge in [-0.2, -0.15) is 0 Å². The topological polar surface area (TPSA) is 41.1 Å². The van der Waals surface area contributed by atoms with E-state index in [1.165, 1.54) is 0 Å². The van der Waals surface area contributed by atoms with Crippen LogP contribution < -0.4 is 10.6 Å². The van der Waals surface area contributed by atoms with Gasteiger partial charge in [0.2, 0.25) is 5.91 Å². The number of anilines is 2. The van der Waals surface area contributed by atoms with E-state index in [4.69, 9.17) is 0 Å². The molecule has 3 heteroatoms. The van der Waals surface area contributed by atoms with Crippen LogP contribution in [-0.4, -0.2) is 12.5 Å². The van der Waals surface area contributed by atoms with Crippen LogP contribution >= 0.6 is 0 Å². The lowest BCUT2D eigenvalue weighted by molar-refractivity contribution is -0.116. The van der Waals surface area contributed by atoms with Crippen molar-refractivity contribution in [2.45, 2.75) is 27.2 Å². The Hall–Kier alpha value is -1.51. The van der Waals surface area contributed by atoms with Gasteiger partial charge in [0.15, 0.2) is 0 Å². The van der Waals surface area contributed by atoms with Crippen LogP contribution in [0.25, 0.3) is 0 Å². The van der Waals surface area contributed by atoms with Crippen molar-refractivity contribution in [3.8, 4) is 0 Å². The third-order valence-electron chi connectivity index (χ3n) is 2.14. The summed E-state index contributed by atoms with van der Waals surface area (Å²) in [7, 11) is 0. The van der Waals surface area contributed by atoms with E-state index in [0.29, 0.717) is 12.3 Å². The fourth-order valence-corrected chi connectivity index (χ4v) is 1.46. The number of carbonyl (C=O) groups is 1. The second-order valence-electron chi connectivity index (χ2n) is 4.25. The van der Waals surface area contributed by atoms with Crippen LogP contribution in [0.4, 0.5) is 11.4 Å². The monoisotopic (exact) mass is 220 g/mol. The van der Waals surface area contributed by atoms with Gasteiger partial charge in [-0.1, -0.05) is 13.8 Å². The number of rotatable bonds is 5. The molecule has 0 radical (unpaired) electrons. The molecule has 0 aliphatic carbocycles. The third-order valence-corrected chi connectivity index (χ3v) is 2.14. The smallest absolute Gasteiger partial charge is 0.224 e. The van der Waals surface area contributed by atoms with E-state index in [2.05, 4.69) is 17.6 Å². The molecule has 0 heterocycles. The van der Waals surface area contributed by atoms with Gasteiger partial charge in [-0.25, -0.2) is 0 Å². The van der Waals surface area contributed by atoms with Crippen molar-refractivity contribution in [1.82, 2.24) is 0 Å². The summed E-state index contributed by atoms with van der Waals surface area (Å²) < 4.78 is 0. The Bertz CT molecular complexity index is 330. The average Bonchev–Trinajstić information content (AvgIpc) is 2.20. The quantitative estimate of drug-likeness (QED) is 0.800. The number of benzene rings is 1. The molecule has 0 saturated heterocycles. The fourth-order valence-electron chi connectivity index (χ4n) is 1.46. The third kappa shape index (κ3) is 4.34. The number of hydrogen-bond acceptors (Lipinski definition) is 2. The molecule has 1 aromatic rings. The van der Waals surface area contributed by atoms with E-state index in [-0.39, 0.29) is 5.91 Å². The first kappa shape index (κ1) is 12.6. The van der Waals surface area contributed by atoms with E-state index in [1.807, 2.05) is 38.1 Å². The second kappa shape index (κ2) is 6.16. The van der Waals surface area contributed by atoms with Crippen LogP contribution in [-0.2, 0) is 4.79 Å². The number of nitrogens with one attached hydrogen (secondary N) is 2. The molecule has 2 N–H and O–H groups in total. The Morgan fingerprint density at radius 1 is 1.19 bits per heavy atom. The standard InChI is InChI=1S/C13H20N2O/c1-4-14-11-5-7-12(8-6-11)15-13(16)9-10(2)3/h5-8,10,14H,4,9H2,1-3H3,(H,15,16). The summed E-state index contributed by atoms with van der Waals surface area (Å²) in [5.74, 6) is 0.465. The van der Waals surface area contributed by atoms with Crippen molar-refractivity contribution in [2.75, 3.05) is 17.2 Å². The van der Waals surface area contributed by atoms with E-state index in [1.54, 1.807) is 0 Å². The Morgan fingerprint density at radius 3 is 2.25 bits per heavy atom. The van der Waals surface area contributed by atoms with Gasteiger partial charge in [0.1, 0.15) is 0 Å². The average molecular weight is 220 g/mol. The van der Waals surface area contributed by atoms with Crippen LogP contribution in [0, 0.1) is 5.92 Å². The zero-order valence-corrected chi connectivity index (χ0v) is 10.2. The minimum absolute atomic E-state index is 0.0752. The lowest BCUT2D eigenvalue weighted by Crippen LogP contribution is -2.13. The Balaban J connectivity index is 2.51. The van der Waals surface area contributed by atoms with Crippen molar-refractivity contribution in [3.05, 3.63) is 24.3 Å². The molecule has 1 aromatic carbocycles. The van der Waals surface area contributed by atoms with E-state index in [9.17, 15) is 4.79 Å². The van der Waals surface area contributed by atoms with Crippen molar-refractivity contribution >= 4 is 17.3 Å². The summed E-state index contributed by atoms with van der Waals surface area (Å²) in [6.45, 7) is 7.03. The highest BCUT2D eigenvalue weighted by Gasteiger charge is 2.04. The summed E-state index contributed by atoms with van der Waals surface area (Å²) >= 11 is 0. The normalized spacial score (nSPS) is 10.2. The van der Waals surface area contributed by atoms with Gasteiger partial charge in [0.05, 0.1) is 0 Å². The maximum Gasteiger partial charge on any atom is 0.224 e. The Morgan fingerprint density at radius 2 is 1.75 bits per heavy atom. The van der Waals surface area contributed by atoms with Gasteiger partial charge >= 0.3 is 0 Å². The summed E-state index contributed by atoms with van der Waals surface area (Å²) in [4.78, 5) is 11.5. The zero-order chi connectivity index (χ0) is 12.0. The highest BCUT2D eigenvalue weighted by atomic mass is 16.1. The maximum atomic E-state index is 11.5. The first-order valence-electron chi connectivity index (χ1n) is 5.75. The molecule has 1 amide bonds. The molecule has 0 spiro atoms. The lowest BCUT2D eigenvalue weighted by Gasteiger charge is -2.08. The van der Waals surface area contributed by atoms with E-state index in [0.717, 1.165) is 17.9 Å². The summed E-state index contributed by atoms with van der Waals surface area (Å²) in [6, 6.07) is 7.76. The van der Waals surface area contributed by atoms with Crippen LogP contribution in [0.2, 0.25) is 0 Å². The molecule has 88 valence electrons. The number of amides is 1. The molecule has 16 heavy (non-hydrogen) atoms. The minimum atomic E-state index is 0.0752. The molecule has 0 unspecified atom stereocenters. The van der Waals surface area contributed by atoms with Gasteiger partial charge in [-0.15, -0.1) is 0 Å². The first-order chi connectivity index (χ1) is 7.61. The van der Waals surface area contributed by atoms with Crippen molar-refractivity contribution in [1.29, 1.82) is 0 Å². The van der Waals surface area contributed by atoms with Gasteiger partial charge in [-0.3, -0.25) is 4.79 Å². The van der Waals surface area contributed by atoms with Crippen LogP contribution in [0.5, 0.6) is 0 Å². The summed E-state index contributed by atoms with van der Waals surface area (Å²) in [6.07, 6.45) is 0.564. The highest BCUT2D eigenvalue weighted by molar-refractivity contribution is 5.90. The van der Waals surface area contributed by atoms with Crippen LogP contribution in [0.15, 0.2) is 24.3 Å². The summed E-state index contributed by atoms with van der Waals surface area (Å²) in [5.41, 5.74) is 1.93. The first-order valence-corrected chi connectivity index (χ1v) is 5.75. The molecule has 0 aliphatic rings.